The molecule has 10 heteroatoms. The number of hydrogen-bond acceptors (Lipinski definition) is 6. The third kappa shape index (κ3) is 5.74. The summed E-state index contributed by atoms with van der Waals surface area (Å²) in [5, 5.41) is 9.57. The van der Waals surface area contributed by atoms with E-state index in [9.17, 15) is 14.0 Å². The number of nitrogens with one attached hydrogen (secondary N) is 2. The molecule has 0 atom stereocenters. The lowest BCUT2D eigenvalue weighted by atomic mass is 10.1. The van der Waals surface area contributed by atoms with E-state index in [1.165, 1.54) is 23.0 Å². The molecule has 0 aliphatic heterocycles. The molecule has 0 saturated heterocycles. The van der Waals surface area contributed by atoms with E-state index in [-0.39, 0.29) is 30.5 Å². The van der Waals surface area contributed by atoms with E-state index in [1.807, 2.05) is 6.07 Å². The molecule has 0 saturated carbocycles. The van der Waals surface area contributed by atoms with Gasteiger partial charge < -0.3 is 21.1 Å². The number of aromatic nitrogens is 3. The highest BCUT2D eigenvalue weighted by molar-refractivity contribution is 6.05. The maximum absolute atomic E-state index is 13.1. The molecule has 0 radical (unpaired) electrons. The SMILES string of the molecule is Nc1cn(-c2ccc(F)cc2)nc1NC(=O)c1ccc(CNC(=O)OCc2cccnc2)cc1. The van der Waals surface area contributed by atoms with Crippen LogP contribution >= 0.6 is 0 Å². The molecule has 4 aromatic rings. The Balaban J connectivity index is 1.30. The van der Waals surface area contributed by atoms with E-state index in [4.69, 9.17) is 10.5 Å². The van der Waals surface area contributed by atoms with Crippen LogP contribution in [0.1, 0.15) is 21.5 Å². The number of halogens is 1. The van der Waals surface area contributed by atoms with Crippen molar-refractivity contribution in [1.29, 1.82) is 0 Å². The zero-order valence-corrected chi connectivity index (χ0v) is 17.9. The summed E-state index contributed by atoms with van der Waals surface area (Å²) >= 11 is 0. The molecule has 0 aliphatic rings. The molecule has 2 aromatic heterocycles. The lowest BCUT2D eigenvalue weighted by Gasteiger charge is -2.08. The van der Waals surface area contributed by atoms with Crippen LogP contribution in [0.2, 0.25) is 0 Å². The van der Waals surface area contributed by atoms with Gasteiger partial charge in [0.15, 0.2) is 5.82 Å². The monoisotopic (exact) mass is 460 g/mol. The van der Waals surface area contributed by atoms with Crippen LogP contribution in [0.25, 0.3) is 5.69 Å². The number of nitrogen functional groups attached to an aromatic ring is 1. The minimum absolute atomic E-state index is 0.124. The normalized spacial score (nSPS) is 10.5. The number of hydrogen-bond donors (Lipinski definition) is 3. The second-order valence-corrected chi connectivity index (χ2v) is 7.30. The summed E-state index contributed by atoms with van der Waals surface area (Å²) in [7, 11) is 0. The number of carbonyl (C=O) groups excluding carboxylic acids is 2. The van der Waals surface area contributed by atoms with E-state index in [1.54, 1.807) is 54.9 Å². The molecular formula is C24H21FN6O3. The fraction of sp³-hybridized carbons (Fsp3) is 0.0833. The van der Waals surface area contributed by atoms with E-state index in [0.717, 1.165) is 11.1 Å². The first kappa shape index (κ1) is 22.5. The van der Waals surface area contributed by atoms with Crippen LogP contribution in [-0.4, -0.2) is 26.8 Å². The predicted octanol–water partition coefficient (Wildman–Crippen LogP) is 3.67. The van der Waals surface area contributed by atoms with Crippen LogP contribution in [-0.2, 0) is 17.9 Å². The Morgan fingerprint density at radius 3 is 2.50 bits per heavy atom. The van der Waals surface area contributed by atoms with Crippen molar-refractivity contribution in [2.45, 2.75) is 13.2 Å². The summed E-state index contributed by atoms with van der Waals surface area (Å²) < 4.78 is 19.7. The first-order chi connectivity index (χ1) is 16.5. The molecule has 2 aromatic carbocycles. The average molecular weight is 460 g/mol. The number of benzene rings is 2. The largest absolute Gasteiger partial charge is 0.445 e. The van der Waals surface area contributed by atoms with Gasteiger partial charge in [-0.3, -0.25) is 9.78 Å². The second kappa shape index (κ2) is 10.3. The number of carbonyl (C=O) groups is 2. The van der Waals surface area contributed by atoms with Crippen LogP contribution in [0.15, 0.2) is 79.3 Å². The minimum atomic E-state index is -0.558. The fourth-order valence-corrected chi connectivity index (χ4v) is 3.02. The van der Waals surface area contributed by atoms with E-state index in [2.05, 4.69) is 20.7 Å². The van der Waals surface area contributed by atoms with Crippen molar-refractivity contribution < 1.29 is 18.7 Å². The van der Waals surface area contributed by atoms with Crippen LogP contribution in [0.5, 0.6) is 0 Å². The average Bonchev–Trinajstić information content (AvgIpc) is 3.22. The van der Waals surface area contributed by atoms with Crippen LogP contribution in [0, 0.1) is 5.82 Å². The van der Waals surface area contributed by atoms with Gasteiger partial charge in [0.05, 0.1) is 17.6 Å². The number of nitrogens with zero attached hydrogens (tertiary/aromatic N) is 3. The lowest BCUT2D eigenvalue weighted by Crippen LogP contribution is -2.23. The van der Waals surface area contributed by atoms with E-state index in [0.29, 0.717) is 11.3 Å². The smallest absolute Gasteiger partial charge is 0.407 e. The highest BCUT2D eigenvalue weighted by atomic mass is 19.1. The van der Waals surface area contributed by atoms with E-state index < -0.39 is 12.0 Å². The quantitative estimate of drug-likeness (QED) is 0.387. The third-order valence-electron chi connectivity index (χ3n) is 4.81. The number of pyridine rings is 1. The number of anilines is 2. The number of amides is 2. The lowest BCUT2D eigenvalue weighted by molar-refractivity contribution is 0.102. The Morgan fingerprint density at radius 1 is 1.03 bits per heavy atom. The molecule has 172 valence electrons. The van der Waals surface area contributed by atoms with Crippen molar-refractivity contribution in [1.82, 2.24) is 20.1 Å². The Morgan fingerprint density at radius 2 is 1.79 bits per heavy atom. The first-order valence-corrected chi connectivity index (χ1v) is 10.3. The Bertz CT molecular complexity index is 1270. The number of rotatable bonds is 7. The van der Waals surface area contributed by atoms with Gasteiger partial charge in [0.2, 0.25) is 0 Å². The molecule has 0 aliphatic carbocycles. The van der Waals surface area contributed by atoms with Gasteiger partial charge in [0.1, 0.15) is 12.4 Å². The Labute approximate surface area is 194 Å². The third-order valence-corrected chi connectivity index (χ3v) is 4.81. The fourth-order valence-electron chi connectivity index (χ4n) is 3.02. The van der Waals surface area contributed by atoms with Crippen LogP contribution in [0.3, 0.4) is 0 Å². The molecule has 0 bridgehead atoms. The van der Waals surface area contributed by atoms with Crippen molar-refractivity contribution in [3.8, 4) is 5.69 Å². The number of alkyl carbamates (subject to hydrolysis) is 1. The highest BCUT2D eigenvalue weighted by Gasteiger charge is 2.13. The molecule has 34 heavy (non-hydrogen) atoms. The molecule has 0 unspecified atom stereocenters. The summed E-state index contributed by atoms with van der Waals surface area (Å²) in [5.41, 5.74) is 8.79. The summed E-state index contributed by atoms with van der Waals surface area (Å²) in [6.45, 7) is 0.363. The molecule has 9 nitrogen and oxygen atoms in total. The van der Waals surface area contributed by atoms with Gasteiger partial charge in [-0.05, 0) is 48.0 Å². The molecule has 4 N–H and O–H groups in total. The maximum Gasteiger partial charge on any atom is 0.407 e. The second-order valence-electron chi connectivity index (χ2n) is 7.30. The molecule has 4 rings (SSSR count). The molecule has 2 heterocycles. The zero-order valence-electron chi connectivity index (χ0n) is 17.9. The maximum atomic E-state index is 13.1. The van der Waals surface area contributed by atoms with Gasteiger partial charge in [-0.1, -0.05) is 18.2 Å². The van der Waals surface area contributed by atoms with Crippen molar-refractivity contribution in [2.24, 2.45) is 0 Å². The molecule has 0 fully saturated rings. The first-order valence-electron chi connectivity index (χ1n) is 10.3. The topological polar surface area (TPSA) is 124 Å². The standard InChI is InChI=1S/C24H21FN6O3/c25-19-7-9-20(10-8-19)31-14-21(26)22(30-31)29-23(32)18-5-3-16(4-6-18)13-28-24(33)34-15-17-2-1-11-27-12-17/h1-12,14H,13,15,26H2,(H,28,33)(H,29,30,32). The minimum Gasteiger partial charge on any atom is -0.445 e. The van der Waals surface area contributed by atoms with Gasteiger partial charge in [0.25, 0.3) is 5.91 Å². The summed E-state index contributed by atoms with van der Waals surface area (Å²) in [6, 6.07) is 16.0. The number of nitrogens with two attached hydrogens (primary N) is 1. The van der Waals surface area contributed by atoms with Gasteiger partial charge in [-0.2, -0.15) is 0 Å². The zero-order chi connectivity index (χ0) is 23.9. The van der Waals surface area contributed by atoms with Gasteiger partial charge >= 0.3 is 6.09 Å². The molecular weight excluding hydrogens is 439 g/mol. The summed E-state index contributed by atoms with van der Waals surface area (Å²) in [5.74, 6) is -0.569. The highest BCUT2D eigenvalue weighted by Crippen LogP contribution is 2.20. The Hall–Kier alpha value is -4.73. The van der Waals surface area contributed by atoms with Crippen LogP contribution in [0.4, 0.5) is 20.7 Å². The summed E-state index contributed by atoms with van der Waals surface area (Å²) in [4.78, 5) is 28.4. The van der Waals surface area contributed by atoms with Crippen molar-refractivity contribution in [3.63, 3.8) is 0 Å². The van der Waals surface area contributed by atoms with Gasteiger partial charge in [-0.15, -0.1) is 5.10 Å². The molecule has 2 amide bonds. The van der Waals surface area contributed by atoms with Crippen molar-refractivity contribution in [3.05, 3.63) is 102 Å². The van der Waals surface area contributed by atoms with Crippen molar-refractivity contribution >= 4 is 23.5 Å². The van der Waals surface area contributed by atoms with Gasteiger partial charge in [0, 0.05) is 30.1 Å². The van der Waals surface area contributed by atoms with Crippen molar-refractivity contribution in [2.75, 3.05) is 11.1 Å². The number of ether oxygens (including phenoxy) is 1. The molecule has 0 spiro atoms. The van der Waals surface area contributed by atoms with Crippen LogP contribution < -0.4 is 16.4 Å². The van der Waals surface area contributed by atoms with E-state index >= 15 is 0 Å². The predicted molar refractivity (Wildman–Crippen MR) is 124 cm³/mol. The summed E-state index contributed by atoms with van der Waals surface area (Å²) in [6.07, 6.45) is 4.24. The van der Waals surface area contributed by atoms with Gasteiger partial charge in [-0.25, -0.2) is 13.9 Å². The Kier molecular flexibility index (Phi) is 6.78.